The van der Waals surface area contributed by atoms with Crippen LogP contribution >= 0.6 is 0 Å². The van der Waals surface area contributed by atoms with Crippen LogP contribution in [-0.2, 0) is 14.3 Å². The van der Waals surface area contributed by atoms with E-state index in [9.17, 15) is 9.59 Å². The average molecular weight is 246 g/mol. The zero-order chi connectivity index (χ0) is 12.9. The Bertz CT molecular complexity index is 200. The summed E-state index contributed by atoms with van der Waals surface area (Å²) in [5.74, 6) is -0.180. The smallest absolute Gasteiger partial charge is 0.221 e. The van der Waals surface area contributed by atoms with Gasteiger partial charge in [-0.2, -0.15) is 0 Å². The summed E-state index contributed by atoms with van der Waals surface area (Å²) in [7, 11) is 1.57. The van der Waals surface area contributed by atoms with Crippen LogP contribution in [0.3, 0.4) is 0 Å². The molecule has 2 amide bonds. The highest BCUT2D eigenvalue weighted by atomic mass is 16.5. The van der Waals surface area contributed by atoms with Gasteiger partial charge in [0.1, 0.15) is 0 Å². The Hall–Kier alpha value is -1.14. The Morgan fingerprint density at radius 3 is 2.35 bits per heavy atom. The number of hydrogen-bond acceptors (Lipinski definition) is 4. The molecular weight excluding hydrogens is 224 g/mol. The molecular formula is C11H22N2O4. The molecule has 0 saturated heterocycles. The molecule has 0 rings (SSSR count). The van der Waals surface area contributed by atoms with E-state index in [1.165, 1.54) is 0 Å². The van der Waals surface area contributed by atoms with Gasteiger partial charge in [-0.05, 0) is 12.8 Å². The van der Waals surface area contributed by atoms with Crippen molar-refractivity contribution >= 4 is 11.8 Å². The summed E-state index contributed by atoms with van der Waals surface area (Å²) >= 11 is 0. The van der Waals surface area contributed by atoms with Crippen molar-refractivity contribution < 1.29 is 19.4 Å². The summed E-state index contributed by atoms with van der Waals surface area (Å²) in [6, 6.07) is 0. The number of carbonyl (C=O) groups excluding carboxylic acids is 2. The van der Waals surface area contributed by atoms with Crippen LogP contribution in [0.4, 0.5) is 0 Å². The molecule has 0 aliphatic carbocycles. The number of hydrogen-bond donors (Lipinski definition) is 3. The third kappa shape index (κ3) is 11.1. The molecule has 3 N–H and O–H groups in total. The maximum Gasteiger partial charge on any atom is 0.221 e. The average Bonchev–Trinajstić information content (AvgIpc) is 2.30. The molecule has 0 radical (unpaired) electrons. The van der Waals surface area contributed by atoms with E-state index in [1.54, 1.807) is 7.11 Å². The zero-order valence-electron chi connectivity index (χ0n) is 10.3. The van der Waals surface area contributed by atoms with E-state index < -0.39 is 0 Å². The highest BCUT2D eigenvalue weighted by Gasteiger charge is 2.03. The van der Waals surface area contributed by atoms with Crippen LogP contribution in [0.15, 0.2) is 0 Å². The van der Waals surface area contributed by atoms with Crippen molar-refractivity contribution in [2.75, 3.05) is 33.4 Å². The Kier molecular flexibility index (Phi) is 10.6. The van der Waals surface area contributed by atoms with Crippen molar-refractivity contribution in [3.8, 4) is 0 Å². The van der Waals surface area contributed by atoms with Crippen LogP contribution in [0.1, 0.15) is 25.7 Å². The largest absolute Gasteiger partial charge is 0.396 e. The first-order valence-corrected chi connectivity index (χ1v) is 5.84. The number of amides is 2. The first kappa shape index (κ1) is 15.9. The normalized spacial score (nSPS) is 10.0. The third-order valence-electron chi connectivity index (χ3n) is 2.11. The molecule has 0 bridgehead atoms. The van der Waals surface area contributed by atoms with Crippen LogP contribution < -0.4 is 10.6 Å². The first-order valence-electron chi connectivity index (χ1n) is 5.84. The van der Waals surface area contributed by atoms with Crippen LogP contribution in [-0.4, -0.2) is 50.3 Å². The van der Waals surface area contributed by atoms with Crippen molar-refractivity contribution in [1.29, 1.82) is 0 Å². The van der Waals surface area contributed by atoms with Crippen molar-refractivity contribution in [1.82, 2.24) is 10.6 Å². The summed E-state index contributed by atoms with van der Waals surface area (Å²) in [6.07, 6.45) is 1.97. The van der Waals surface area contributed by atoms with Gasteiger partial charge in [0, 0.05) is 39.6 Å². The molecule has 0 aliphatic rings. The van der Waals surface area contributed by atoms with Gasteiger partial charge in [0.05, 0.1) is 6.61 Å². The predicted octanol–water partition coefficient (Wildman–Crippen LogP) is -0.582. The van der Waals surface area contributed by atoms with Crippen LogP contribution in [0.2, 0.25) is 0 Å². The molecule has 0 saturated carbocycles. The first-order chi connectivity index (χ1) is 8.20. The predicted molar refractivity (Wildman–Crippen MR) is 63.4 cm³/mol. The summed E-state index contributed by atoms with van der Waals surface area (Å²) < 4.78 is 4.78. The lowest BCUT2D eigenvalue weighted by Crippen LogP contribution is -2.32. The maximum absolute atomic E-state index is 11.2. The van der Waals surface area contributed by atoms with Gasteiger partial charge in [-0.25, -0.2) is 0 Å². The number of methoxy groups -OCH3 is 1. The fourth-order valence-electron chi connectivity index (χ4n) is 1.18. The van der Waals surface area contributed by atoms with E-state index >= 15 is 0 Å². The lowest BCUT2D eigenvalue weighted by molar-refractivity contribution is -0.122. The fraction of sp³-hybridized carbons (Fsp3) is 0.818. The number of carbonyl (C=O) groups is 2. The molecule has 0 spiro atoms. The maximum atomic E-state index is 11.2. The molecule has 0 unspecified atom stereocenters. The minimum Gasteiger partial charge on any atom is -0.396 e. The molecule has 0 aromatic carbocycles. The van der Waals surface area contributed by atoms with Gasteiger partial charge in [-0.15, -0.1) is 0 Å². The lowest BCUT2D eigenvalue weighted by atomic mass is 10.2. The number of unbranched alkanes of at least 4 members (excludes halogenated alkanes) is 1. The highest BCUT2D eigenvalue weighted by molar-refractivity contribution is 5.78. The van der Waals surface area contributed by atoms with E-state index in [0.717, 1.165) is 0 Å². The SMILES string of the molecule is COCCNC(=O)CCNC(=O)CCCCO. The fourth-order valence-corrected chi connectivity index (χ4v) is 1.18. The quantitative estimate of drug-likeness (QED) is 0.450. The van der Waals surface area contributed by atoms with Crippen molar-refractivity contribution in [3.63, 3.8) is 0 Å². The molecule has 6 heteroatoms. The van der Waals surface area contributed by atoms with Crippen molar-refractivity contribution in [2.45, 2.75) is 25.7 Å². The Morgan fingerprint density at radius 2 is 1.71 bits per heavy atom. The van der Waals surface area contributed by atoms with Crippen LogP contribution in [0.5, 0.6) is 0 Å². The lowest BCUT2D eigenvalue weighted by Gasteiger charge is -2.06. The van der Waals surface area contributed by atoms with Crippen LogP contribution in [0.25, 0.3) is 0 Å². The summed E-state index contributed by atoms with van der Waals surface area (Å²) in [4.78, 5) is 22.4. The Morgan fingerprint density at radius 1 is 1.06 bits per heavy atom. The third-order valence-corrected chi connectivity index (χ3v) is 2.11. The molecule has 0 heterocycles. The second kappa shape index (κ2) is 11.3. The van der Waals surface area contributed by atoms with Crippen LogP contribution in [0, 0.1) is 0 Å². The minimum atomic E-state index is -0.0993. The van der Waals surface area contributed by atoms with E-state index in [0.29, 0.717) is 39.0 Å². The summed E-state index contributed by atoms with van der Waals surface area (Å²) in [5.41, 5.74) is 0. The molecule has 0 atom stereocenters. The zero-order valence-corrected chi connectivity index (χ0v) is 10.3. The van der Waals surface area contributed by atoms with E-state index in [4.69, 9.17) is 9.84 Å². The standard InChI is InChI=1S/C11H22N2O4/c1-17-9-7-13-11(16)5-6-12-10(15)4-2-3-8-14/h14H,2-9H2,1H3,(H,12,15)(H,13,16). The number of aliphatic hydroxyl groups is 1. The molecule has 100 valence electrons. The second-order valence-electron chi connectivity index (χ2n) is 3.62. The molecule has 0 aliphatic heterocycles. The van der Waals surface area contributed by atoms with Gasteiger partial charge >= 0.3 is 0 Å². The van der Waals surface area contributed by atoms with Gasteiger partial charge in [-0.3, -0.25) is 9.59 Å². The molecule has 0 fully saturated rings. The highest BCUT2D eigenvalue weighted by Crippen LogP contribution is 1.93. The monoisotopic (exact) mass is 246 g/mol. The number of nitrogens with one attached hydrogen (secondary N) is 2. The molecule has 17 heavy (non-hydrogen) atoms. The summed E-state index contributed by atoms with van der Waals surface area (Å²) in [5, 5.41) is 13.8. The Labute approximate surface area is 102 Å². The molecule has 0 aromatic rings. The van der Waals surface area contributed by atoms with Gasteiger partial charge < -0.3 is 20.5 Å². The van der Waals surface area contributed by atoms with Gasteiger partial charge in [0.25, 0.3) is 0 Å². The van der Waals surface area contributed by atoms with Gasteiger partial charge in [0.15, 0.2) is 0 Å². The van der Waals surface area contributed by atoms with E-state index in [1.807, 2.05) is 0 Å². The van der Waals surface area contributed by atoms with Crippen molar-refractivity contribution in [3.05, 3.63) is 0 Å². The number of rotatable bonds is 10. The minimum absolute atomic E-state index is 0.0804. The Balaban J connectivity index is 3.36. The van der Waals surface area contributed by atoms with Crippen molar-refractivity contribution in [2.24, 2.45) is 0 Å². The van der Waals surface area contributed by atoms with Gasteiger partial charge in [0.2, 0.25) is 11.8 Å². The topological polar surface area (TPSA) is 87.7 Å². The second-order valence-corrected chi connectivity index (χ2v) is 3.62. The number of aliphatic hydroxyl groups excluding tert-OH is 1. The number of ether oxygens (including phenoxy) is 1. The van der Waals surface area contributed by atoms with E-state index in [-0.39, 0.29) is 24.8 Å². The summed E-state index contributed by atoms with van der Waals surface area (Å²) in [6.45, 7) is 1.42. The molecule has 0 aromatic heterocycles. The van der Waals surface area contributed by atoms with E-state index in [2.05, 4.69) is 10.6 Å². The molecule has 6 nitrogen and oxygen atoms in total. The van der Waals surface area contributed by atoms with Gasteiger partial charge in [-0.1, -0.05) is 0 Å².